The molecule has 0 spiro atoms. The Hall–Kier alpha value is -3.54. The number of ether oxygens (including phenoxy) is 1. The third-order valence-electron chi connectivity index (χ3n) is 4.37. The van der Waals surface area contributed by atoms with Crippen LogP contribution in [0.2, 0.25) is 0 Å². The van der Waals surface area contributed by atoms with Crippen LogP contribution in [0.1, 0.15) is 5.56 Å². The summed E-state index contributed by atoms with van der Waals surface area (Å²) in [5, 5.41) is 10.9. The number of hydrogen-bond donors (Lipinski definition) is 1. The zero-order chi connectivity index (χ0) is 18.4. The maximum Gasteiger partial charge on any atom is 0.344 e. The molecule has 0 saturated carbocycles. The lowest BCUT2D eigenvalue weighted by molar-refractivity contribution is 0.414. The predicted molar refractivity (Wildman–Crippen MR) is 96.9 cm³/mol. The topological polar surface area (TPSA) is 89.9 Å². The van der Waals surface area contributed by atoms with Crippen molar-refractivity contribution in [3.05, 3.63) is 68.9 Å². The lowest BCUT2D eigenvalue weighted by Gasteiger charge is -2.10. The van der Waals surface area contributed by atoms with Crippen LogP contribution in [0.5, 0.6) is 11.5 Å². The van der Waals surface area contributed by atoms with E-state index in [0.717, 1.165) is 0 Å². The van der Waals surface area contributed by atoms with Crippen LogP contribution < -0.4 is 16.0 Å². The van der Waals surface area contributed by atoms with Crippen molar-refractivity contribution < 1.29 is 18.7 Å². The van der Waals surface area contributed by atoms with E-state index in [2.05, 4.69) is 0 Å². The van der Waals surface area contributed by atoms with Gasteiger partial charge in [0.05, 0.1) is 12.7 Å². The number of aryl methyl sites for hydroxylation is 1. The largest absolute Gasteiger partial charge is 0.508 e. The van der Waals surface area contributed by atoms with Gasteiger partial charge in [0.2, 0.25) is 0 Å². The molecule has 0 aliphatic rings. The van der Waals surface area contributed by atoms with Crippen LogP contribution in [0, 0.1) is 6.92 Å². The van der Waals surface area contributed by atoms with Gasteiger partial charge in [-0.25, -0.2) is 9.59 Å². The summed E-state index contributed by atoms with van der Waals surface area (Å²) in [7, 11) is 1.51. The molecule has 0 saturated heterocycles. The van der Waals surface area contributed by atoms with Crippen LogP contribution in [0.4, 0.5) is 0 Å². The van der Waals surface area contributed by atoms with Crippen molar-refractivity contribution in [1.29, 1.82) is 0 Å². The van der Waals surface area contributed by atoms with Gasteiger partial charge in [0, 0.05) is 34.5 Å². The Morgan fingerprint density at radius 3 is 2.42 bits per heavy atom. The van der Waals surface area contributed by atoms with E-state index >= 15 is 0 Å². The number of methoxy groups -OCH3 is 1. The minimum Gasteiger partial charge on any atom is -0.508 e. The first-order valence-corrected chi connectivity index (χ1v) is 7.86. The molecule has 130 valence electrons. The van der Waals surface area contributed by atoms with Crippen molar-refractivity contribution in [3.8, 4) is 22.6 Å². The second-order valence-electron chi connectivity index (χ2n) is 5.91. The second-order valence-corrected chi connectivity index (χ2v) is 5.91. The molecular formula is C20H14O6. The van der Waals surface area contributed by atoms with Gasteiger partial charge in [-0.1, -0.05) is 0 Å². The number of rotatable bonds is 2. The molecule has 2 aromatic carbocycles. The Labute approximate surface area is 146 Å². The smallest absolute Gasteiger partial charge is 0.344 e. The highest BCUT2D eigenvalue weighted by molar-refractivity contribution is 5.97. The van der Waals surface area contributed by atoms with E-state index in [-0.39, 0.29) is 16.9 Å². The van der Waals surface area contributed by atoms with Crippen molar-refractivity contribution in [2.45, 2.75) is 6.92 Å². The minimum atomic E-state index is -0.594. The molecule has 0 atom stereocenters. The highest BCUT2D eigenvalue weighted by Crippen LogP contribution is 2.33. The lowest BCUT2D eigenvalue weighted by atomic mass is 9.97. The van der Waals surface area contributed by atoms with Gasteiger partial charge < -0.3 is 18.7 Å². The molecule has 0 bridgehead atoms. The molecule has 4 aromatic rings. The Morgan fingerprint density at radius 2 is 1.65 bits per heavy atom. The monoisotopic (exact) mass is 350 g/mol. The Kier molecular flexibility index (Phi) is 3.54. The summed E-state index contributed by atoms with van der Waals surface area (Å²) in [6.07, 6.45) is 0. The first-order valence-electron chi connectivity index (χ1n) is 7.86. The van der Waals surface area contributed by atoms with E-state index in [1.54, 1.807) is 31.2 Å². The van der Waals surface area contributed by atoms with Gasteiger partial charge >= 0.3 is 11.3 Å². The average Bonchev–Trinajstić information content (AvgIpc) is 2.60. The van der Waals surface area contributed by atoms with Crippen LogP contribution in [-0.4, -0.2) is 12.2 Å². The van der Waals surface area contributed by atoms with E-state index in [1.807, 2.05) is 0 Å². The SMILES string of the molecule is COc1ccc2c(-c3c(C)c4ccc(O)cc4oc3=O)cc(=O)oc2c1. The van der Waals surface area contributed by atoms with Crippen molar-refractivity contribution >= 4 is 21.9 Å². The van der Waals surface area contributed by atoms with Crippen LogP contribution in [0.3, 0.4) is 0 Å². The lowest BCUT2D eigenvalue weighted by Crippen LogP contribution is -2.09. The Bertz CT molecular complexity index is 1280. The molecule has 6 heteroatoms. The maximum atomic E-state index is 12.6. The number of benzene rings is 2. The molecule has 4 rings (SSSR count). The van der Waals surface area contributed by atoms with E-state index in [1.165, 1.54) is 25.3 Å². The maximum absolute atomic E-state index is 12.6. The molecule has 6 nitrogen and oxygen atoms in total. The predicted octanol–water partition coefficient (Wildman–Crippen LogP) is 3.59. The first-order chi connectivity index (χ1) is 12.5. The highest BCUT2D eigenvalue weighted by atomic mass is 16.5. The van der Waals surface area contributed by atoms with Crippen molar-refractivity contribution in [2.24, 2.45) is 0 Å². The zero-order valence-corrected chi connectivity index (χ0v) is 14.0. The first kappa shape index (κ1) is 16.0. The van der Waals surface area contributed by atoms with E-state index in [9.17, 15) is 14.7 Å². The van der Waals surface area contributed by atoms with Crippen LogP contribution in [0.25, 0.3) is 33.1 Å². The summed E-state index contributed by atoms with van der Waals surface area (Å²) in [6.45, 7) is 1.77. The second kappa shape index (κ2) is 5.77. The molecule has 0 radical (unpaired) electrons. The summed E-state index contributed by atoms with van der Waals surface area (Å²) in [5.41, 5.74) is 0.792. The normalized spacial score (nSPS) is 11.2. The van der Waals surface area contributed by atoms with Gasteiger partial charge in [-0.3, -0.25) is 0 Å². The van der Waals surface area contributed by atoms with Gasteiger partial charge in [-0.05, 0) is 36.8 Å². The van der Waals surface area contributed by atoms with Crippen LogP contribution >= 0.6 is 0 Å². The summed E-state index contributed by atoms with van der Waals surface area (Å²) in [5.74, 6) is 0.543. The number of fused-ring (bicyclic) bond motifs is 2. The van der Waals surface area contributed by atoms with Gasteiger partial charge in [0.1, 0.15) is 22.7 Å². The Balaban J connectivity index is 2.12. The fourth-order valence-electron chi connectivity index (χ4n) is 3.13. The molecule has 0 amide bonds. The summed E-state index contributed by atoms with van der Waals surface area (Å²) in [6, 6.07) is 10.9. The van der Waals surface area contributed by atoms with Crippen molar-refractivity contribution in [2.75, 3.05) is 7.11 Å². The minimum absolute atomic E-state index is 0.00528. The van der Waals surface area contributed by atoms with Gasteiger partial charge in [0.15, 0.2) is 0 Å². The highest BCUT2D eigenvalue weighted by Gasteiger charge is 2.18. The number of hydrogen-bond acceptors (Lipinski definition) is 6. The Morgan fingerprint density at radius 1 is 0.923 bits per heavy atom. The fraction of sp³-hybridized carbons (Fsp3) is 0.100. The molecular weight excluding hydrogens is 336 g/mol. The molecule has 2 aromatic heterocycles. The van der Waals surface area contributed by atoms with E-state index < -0.39 is 11.3 Å². The average molecular weight is 350 g/mol. The fourth-order valence-corrected chi connectivity index (χ4v) is 3.13. The third kappa shape index (κ3) is 2.43. The number of phenols is 1. The third-order valence-corrected chi connectivity index (χ3v) is 4.37. The number of phenolic OH excluding ortho intramolecular Hbond substituents is 1. The zero-order valence-electron chi connectivity index (χ0n) is 14.0. The molecule has 0 aliphatic carbocycles. The van der Waals surface area contributed by atoms with Crippen molar-refractivity contribution in [1.82, 2.24) is 0 Å². The molecule has 0 aliphatic heterocycles. The molecule has 1 N–H and O–H groups in total. The number of aromatic hydroxyl groups is 1. The molecule has 0 fully saturated rings. The van der Waals surface area contributed by atoms with Crippen molar-refractivity contribution in [3.63, 3.8) is 0 Å². The van der Waals surface area contributed by atoms with Gasteiger partial charge in [0.25, 0.3) is 0 Å². The van der Waals surface area contributed by atoms with Crippen LogP contribution in [0.15, 0.2) is 60.9 Å². The van der Waals surface area contributed by atoms with Gasteiger partial charge in [-0.2, -0.15) is 0 Å². The van der Waals surface area contributed by atoms with Crippen LogP contribution in [-0.2, 0) is 0 Å². The summed E-state index contributed by atoms with van der Waals surface area (Å²) >= 11 is 0. The summed E-state index contributed by atoms with van der Waals surface area (Å²) in [4.78, 5) is 24.7. The quantitative estimate of drug-likeness (QED) is 0.556. The molecule has 2 heterocycles. The molecule has 26 heavy (non-hydrogen) atoms. The standard InChI is InChI=1S/C20H14O6/c1-10-13-5-3-11(21)7-16(13)26-20(23)19(10)15-9-18(22)25-17-8-12(24-2)4-6-14(15)17/h3-9,21H,1-2H3. The van der Waals surface area contributed by atoms with E-state index in [0.29, 0.717) is 33.2 Å². The molecule has 0 unspecified atom stereocenters. The van der Waals surface area contributed by atoms with Gasteiger partial charge in [-0.15, -0.1) is 0 Å². The summed E-state index contributed by atoms with van der Waals surface area (Å²) < 4.78 is 15.8. The van der Waals surface area contributed by atoms with E-state index in [4.69, 9.17) is 13.6 Å².